The molecule has 0 spiro atoms. The van der Waals surface area contributed by atoms with Gasteiger partial charge in [-0.1, -0.05) is 79.6 Å². The highest BCUT2D eigenvalue weighted by Gasteiger charge is 2.12. The quantitative estimate of drug-likeness (QED) is 0.377. The fraction of sp³-hybridized carbons (Fsp3) is 0.667. The van der Waals surface area contributed by atoms with Crippen molar-refractivity contribution in [3.05, 3.63) is 35.4 Å². The average molecular weight is 372 g/mol. The van der Waals surface area contributed by atoms with E-state index in [0.717, 1.165) is 15.8 Å². The summed E-state index contributed by atoms with van der Waals surface area (Å²) in [5, 5.41) is 0. The lowest BCUT2D eigenvalue weighted by molar-refractivity contribution is 0.383. The van der Waals surface area contributed by atoms with Gasteiger partial charge >= 0.3 is 0 Å². The molecule has 19 heavy (non-hydrogen) atoms. The van der Waals surface area contributed by atoms with Crippen molar-refractivity contribution in [1.29, 1.82) is 0 Å². The zero-order valence-corrected chi connectivity index (χ0v) is 15.1. The lowest BCUT2D eigenvalue weighted by atomic mass is 9.91. The van der Waals surface area contributed by atoms with Crippen LogP contribution in [0.15, 0.2) is 24.3 Å². The molecule has 0 aromatic heterocycles. The number of halogens is 1. The van der Waals surface area contributed by atoms with Crippen molar-refractivity contribution in [2.24, 2.45) is 11.8 Å². The van der Waals surface area contributed by atoms with Crippen LogP contribution in [-0.4, -0.2) is 3.92 Å². The summed E-state index contributed by atoms with van der Waals surface area (Å²) in [6.45, 7) is 9.26. The zero-order chi connectivity index (χ0) is 14.3. The van der Waals surface area contributed by atoms with Gasteiger partial charge in [-0.15, -0.1) is 0 Å². The maximum Gasteiger partial charge on any atom is 0.0115 e. The molecule has 0 aliphatic rings. The smallest absolute Gasteiger partial charge is 0.0115 e. The molecule has 1 rings (SSSR count). The molecule has 0 fully saturated rings. The first-order valence-corrected chi connectivity index (χ1v) is 8.95. The summed E-state index contributed by atoms with van der Waals surface area (Å²) in [6, 6.07) is 9.01. The normalized spacial score (nSPS) is 16.1. The zero-order valence-electron chi connectivity index (χ0n) is 13.0. The molecule has 0 saturated carbocycles. The van der Waals surface area contributed by atoms with Crippen molar-refractivity contribution in [3.63, 3.8) is 0 Å². The van der Waals surface area contributed by atoms with E-state index in [-0.39, 0.29) is 0 Å². The second kappa shape index (κ2) is 8.99. The first kappa shape index (κ1) is 17.0. The van der Waals surface area contributed by atoms with Crippen LogP contribution in [0.3, 0.4) is 0 Å². The van der Waals surface area contributed by atoms with E-state index in [1.54, 1.807) is 0 Å². The van der Waals surface area contributed by atoms with Crippen LogP contribution < -0.4 is 0 Å². The fourth-order valence-electron chi connectivity index (χ4n) is 2.58. The Morgan fingerprint density at radius 2 is 1.63 bits per heavy atom. The van der Waals surface area contributed by atoms with E-state index in [0.29, 0.717) is 0 Å². The van der Waals surface area contributed by atoms with Crippen LogP contribution in [0.2, 0.25) is 0 Å². The van der Waals surface area contributed by atoms with Crippen molar-refractivity contribution < 1.29 is 0 Å². The molecule has 0 nitrogen and oxygen atoms in total. The van der Waals surface area contributed by atoms with Crippen molar-refractivity contribution in [3.8, 4) is 0 Å². The molecule has 1 aromatic carbocycles. The molecule has 0 radical (unpaired) electrons. The van der Waals surface area contributed by atoms with Gasteiger partial charge in [-0.05, 0) is 50.0 Å². The van der Waals surface area contributed by atoms with Crippen LogP contribution in [0.4, 0.5) is 0 Å². The van der Waals surface area contributed by atoms with Gasteiger partial charge in [-0.2, -0.15) is 0 Å². The SMILES string of the molecule is CCC(C)CC(C)CC(I)CCc1ccc(C)cc1. The van der Waals surface area contributed by atoms with Crippen LogP contribution in [0.1, 0.15) is 57.6 Å². The Balaban J connectivity index is 2.27. The highest BCUT2D eigenvalue weighted by atomic mass is 127. The summed E-state index contributed by atoms with van der Waals surface area (Å²) in [7, 11) is 0. The molecule has 3 atom stereocenters. The van der Waals surface area contributed by atoms with Crippen LogP contribution in [0.5, 0.6) is 0 Å². The minimum Gasteiger partial charge on any atom is -0.0826 e. The van der Waals surface area contributed by atoms with Gasteiger partial charge in [0.25, 0.3) is 0 Å². The lowest BCUT2D eigenvalue weighted by Crippen LogP contribution is -2.09. The summed E-state index contributed by atoms with van der Waals surface area (Å²) in [6.07, 6.45) is 6.62. The lowest BCUT2D eigenvalue weighted by Gasteiger charge is -2.19. The van der Waals surface area contributed by atoms with Crippen LogP contribution in [0, 0.1) is 18.8 Å². The third-order valence-corrected chi connectivity index (χ3v) is 5.16. The van der Waals surface area contributed by atoms with Gasteiger partial charge in [-0.25, -0.2) is 0 Å². The first-order chi connectivity index (χ1) is 9.01. The summed E-state index contributed by atoms with van der Waals surface area (Å²) < 4.78 is 0.818. The molecule has 0 aliphatic carbocycles. The van der Waals surface area contributed by atoms with E-state index in [1.807, 2.05) is 0 Å². The molecule has 0 N–H and O–H groups in total. The standard InChI is InChI=1S/C18H29I/c1-5-14(2)12-16(4)13-18(19)11-10-17-8-6-15(3)7-9-17/h6-9,14,16,18H,5,10-13H2,1-4H3. The van der Waals surface area contributed by atoms with Crippen molar-refractivity contribution >= 4 is 22.6 Å². The van der Waals surface area contributed by atoms with Crippen LogP contribution in [0.25, 0.3) is 0 Å². The highest BCUT2D eigenvalue weighted by Crippen LogP contribution is 2.24. The number of alkyl halides is 1. The summed E-state index contributed by atoms with van der Waals surface area (Å²) in [5.74, 6) is 1.76. The van der Waals surface area contributed by atoms with E-state index >= 15 is 0 Å². The van der Waals surface area contributed by atoms with Gasteiger partial charge in [0.2, 0.25) is 0 Å². The van der Waals surface area contributed by atoms with E-state index < -0.39 is 0 Å². The third-order valence-electron chi connectivity index (χ3n) is 4.03. The van der Waals surface area contributed by atoms with Crippen molar-refractivity contribution in [2.45, 2.75) is 63.7 Å². The predicted octanol–water partition coefficient (Wildman–Crippen LogP) is 6.19. The second-order valence-electron chi connectivity index (χ2n) is 6.21. The second-order valence-corrected chi connectivity index (χ2v) is 7.97. The van der Waals surface area contributed by atoms with Gasteiger partial charge in [0, 0.05) is 3.92 Å². The molecular weight excluding hydrogens is 343 g/mol. The molecule has 0 heterocycles. The van der Waals surface area contributed by atoms with E-state index in [9.17, 15) is 0 Å². The maximum atomic E-state index is 2.65. The van der Waals surface area contributed by atoms with E-state index in [1.165, 1.54) is 43.2 Å². The molecule has 1 heteroatoms. The largest absolute Gasteiger partial charge is 0.0826 e. The maximum absolute atomic E-state index is 2.65. The Bertz CT molecular complexity index is 341. The Labute approximate surface area is 133 Å². The number of hydrogen-bond donors (Lipinski definition) is 0. The number of benzene rings is 1. The number of rotatable bonds is 8. The molecule has 0 amide bonds. The molecule has 0 bridgehead atoms. The van der Waals surface area contributed by atoms with Gasteiger partial charge in [0.05, 0.1) is 0 Å². The predicted molar refractivity (Wildman–Crippen MR) is 95.2 cm³/mol. The van der Waals surface area contributed by atoms with E-state index in [2.05, 4.69) is 74.6 Å². The minimum absolute atomic E-state index is 0.818. The average Bonchev–Trinajstić information content (AvgIpc) is 2.37. The van der Waals surface area contributed by atoms with Gasteiger partial charge in [0.1, 0.15) is 0 Å². The number of hydrogen-bond acceptors (Lipinski definition) is 0. The molecular formula is C18H29I. The van der Waals surface area contributed by atoms with Crippen molar-refractivity contribution in [2.75, 3.05) is 0 Å². The van der Waals surface area contributed by atoms with Gasteiger partial charge < -0.3 is 0 Å². The van der Waals surface area contributed by atoms with E-state index in [4.69, 9.17) is 0 Å². The topological polar surface area (TPSA) is 0 Å². The third kappa shape index (κ3) is 7.34. The molecule has 0 saturated heterocycles. The highest BCUT2D eigenvalue weighted by molar-refractivity contribution is 14.1. The number of aryl methyl sites for hydroxylation is 2. The Kier molecular flexibility index (Phi) is 8.05. The Hall–Kier alpha value is -0.0500. The Morgan fingerprint density at radius 3 is 2.21 bits per heavy atom. The van der Waals surface area contributed by atoms with Gasteiger partial charge in [-0.3, -0.25) is 0 Å². The summed E-state index contributed by atoms with van der Waals surface area (Å²) >= 11 is 2.65. The van der Waals surface area contributed by atoms with Gasteiger partial charge in [0.15, 0.2) is 0 Å². The van der Waals surface area contributed by atoms with Crippen LogP contribution >= 0.6 is 22.6 Å². The van der Waals surface area contributed by atoms with Crippen LogP contribution in [-0.2, 0) is 6.42 Å². The summed E-state index contributed by atoms with van der Waals surface area (Å²) in [5.41, 5.74) is 2.85. The molecule has 3 unspecified atom stereocenters. The van der Waals surface area contributed by atoms with Crippen molar-refractivity contribution in [1.82, 2.24) is 0 Å². The minimum atomic E-state index is 0.818. The summed E-state index contributed by atoms with van der Waals surface area (Å²) in [4.78, 5) is 0. The Morgan fingerprint density at radius 1 is 1.00 bits per heavy atom. The monoisotopic (exact) mass is 372 g/mol. The fourth-order valence-corrected chi connectivity index (χ4v) is 3.76. The first-order valence-electron chi connectivity index (χ1n) is 7.70. The molecule has 1 aromatic rings. The molecule has 108 valence electrons. The molecule has 0 aliphatic heterocycles.